The maximum Gasteiger partial charge on any atom is 0.216 e. The Morgan fingerprint density at radius 2 is 2.13 bits per heavy atom. The second kappa shape index (κ2) is 6.42. The van der Waals surface area contributed by atoms with Gasteiger partial charge in [-0.05, 0) is 24.6 Å². The molecule has 0 aliphatic heterocycles. The summed E-state index contributed by atoms with van der Waals surface area (Å²) in [6.45, 7) is 2.65. The van der Waals surface area contributed by atoms with Crippen molar-refractivity contribution in [3.63, 3.8) is 0 Å². The molecule has 0 spiro atoms. The van der Waals surface area contributed by atoms with Crippen molar-refractivity contribution in [2.75, 3.05) is 12.4 Å². The highest BCUT2D eigenvalue weighted by Gasteiger charge is 2.15. The lowest BCUT2D eigenvalue weighted by atomic mass is 10.2. The first-order chi connectivity index (χ1) is 11.1. The summed E-state index contributed by atoms with van der Waals surface area (Å²) in [6, 6.07) is 5.46. The van der Waals surface area contributed by atoms with Crippen LogP contribution in [0.3, 0.4) is 0 Å². The highest BCUT2D eigenvalue weighted by molar-refractivity contribution is 6.31. The second-order valence-electron chi connectivity index (χ2n) is 5.15. The third-order valence-corrected chi connectivity index (χ3v) is 3.89. The fraction of sp³-hybridized carbons (Fsp3) is 0.312. The van der Waals surface area contributed by atoms with Gasteiger partial charge in [0, 0.05) is 18.6 Å². The normalized spacial score (nSPS) is 11.0. The topological polar surface area (TPSA) is 64.9 Å². The van der Waals surface area contributed by atoms with Crippen LogP contribution < -0.4 is 10.1 Å². The quantitative estimate of drug-likeness (QED) is 0.777. The molecule has 3 aromatic rings. The van der Waals surface area contributed by atoms with Gasteiger partial charge in [-0.1, -0.05) is 18.5 Å². The third kappa shape index (κ3) is 3.07. The van der Waals surface area contributed by atoms with Crippen molar-refractivity contribution in [1.82, 2.24) is 19.7 Å². The number of aryl methyl sites for hydroxylation is 2. The van der Waals surface area contributed by atoms with Crippen LogP contribution in [0.5, 0.6) is 5.88 Å². The summed E-state index contributed by atoms with van der Waals surface area (Å²) in [7, 11) is 3.53. The molecule has 0 bridgehead atoms. The van der Waals surface area contributed by atoms with Crippen molar-refractivity contribution < 1.29 is 4.74 Å². The standard InChI is InChI=1S/C16H18ClN5O/c1-4-12-11(16(23-3)22(2)21-12)8-19-15-9-18-14-7-10(17)5-6-13(14)20-15/h5-7,9H,4,8H2,1-3H3,(H,19,20). The van der Waals surface area contributed by atoms with E-state index in [0.717, 1.165) is 34.6 Å². The van der Waals surface area contributed by atoms with Crippen molar-refractivity contribution in [3.8, 4) is 5.88 Å². The number of nitrogens with zero attached hydrogens (tertiary/aromatic N) is 4. The first-order valence-corrected chi connectivity index (χ1v) is 7.75. The molecule has 23 heavy (non-hydrogen) atoms. The van der Waals surface area contributed by atoms with Crippen molar-refractivity contribution in [3.05, 3.63) is 40.7 Å². The molecule has 6 nitrogen and oxygen atoms in total. The van der Waals surface area contributed by atoms with E-state index in [9.17, 15) is 0 Å². The van der Waals surface area contributed by atoms with E-state index in [0.29, 0.717) is 17.4 Å². The molecule has 0 saturated carbocycles. The van der Waals surface area contributed by atoms with E-state index in [4.69, 9.17) is 16.3 Å². The minimum atomic E-state index is 0.577. The lowest BCUT2D eigenvalue weighted by molar-refractivity contribution is 0.369. The van der Waals surface area contributed by atoms with Crippen LogP contribution in [0.2, 0.25) is 5.02 Å². The van der Waals surface area contributed by atoms with Gasteiger partial charge in [-0.2, -0.15) is 5.10 Å². The van der Waals surface area contributed by atoms with Gasteiger partial charge in [0.05, 0.1) is 35.6 Å². The van der Waals surface area contributed by atoms with Gasteiger partial charge in [0.15, 0.2) is 0 Å². The molecule has 120 valence electrons. The summed E-state index contributed by atoms with van der Waals surface area (Å²) >= 11 is 5.96. The van der Waals surface area contributed by atoms with E-state index < -0.39 is 0 Å². The molecule has 2 heterocycles. The molecule has 0 unspecified atom stereocenters. The molecule has 1 N–H and O–H groups in total. The lowest BCUT2D eigenvalue weighted by Crippen LogP contribution is -2.05. The highest BCUT2D eigenvalue weighted by Crippen LogP contribution is 2.23. The molecule has 1 aromatic carbocycles. The van der Waals surface area contributed by atoms with Crippen LogP contribution in [0, 0.1) is 0 Å². The van der Waals surface area contributed by atoms with E-state index in [2.05, 4.69) is 27.3 Å². The zero-order valence-corrected chi connectivity index (χ0v) is 14.1. The fourth-order valence-corrected chi connectivity index (χ4v) is 2.74. The number of aromatic nitrogens is 4. The fourth-order valence-electron chi connectivity index (χ4n) is 2.57. The second-order valence-corrected chi connectivity index (χ2v) is 5.59. The van der Waals surface area contributed by atoms with Crippen LogP contribution >= 0.6 is 11.6 Å². The maximum absolute atomic E-state index is 5.96. The monoisotopic (exact) mass is 331 g/mol. The SMILES string of the molecule is CCc1nn(C)c(OC)c1CNc1cnc2cc(Cl)ccc2n1. The number of methoxy groups -OCH3 is 1. The first-order valence-electron chi connectivity index (χ1n) is 7.37. The van der Waals surface area contributed by atoms with Gasteiger partial charge < -0.3 is 10.1 Å². The zero-order valence-electron chi connectivity index (χ0n) is 13.3. The Bertz CT molecular complexity index is 846. The number of hydrogen-bond acceptors (Lipinski definition) is 5. The van der Waals surface area contributed by atoms with Gasteiger partial charge >= 0.3 is 0 Å². The van der Waals surface area contributed by atoms with E-state index in [1.807, 2.05) is 19.2 Å². The summed E-state index contributed by atoms with van der Waals surface area (Å²) in [5, 5.41) is 8.42. The first kappa shape index (κ1) is 15.6. The van der Waals surface area contributed by atoms with Crippen LogP contribution in [-0.2, 0) is 20.0 Å². The van der Waals surface area contributed by atoms with Crippen LogP contribution in [0.4, 0.5) is 5.82 Å². The van der Waals surface area contributed by atoms with Crippen LogP contribution in [-0.4, -0.2) is 26.9 Å². The van der Waals surface area contributed by atoms with Gasteiger partial charge in [-0.15, -0.1) is 0 Å². The van der Waals surface area contributed by atoms with Crippen LogP contribution in [0.25, 0.3) is 11.0 Å². The number of rotatable bonds is 5. The average molecular weight is 332 g/mol. The molecule has 0 radical (unpaired) electrons. The lowest BCUT2D eigenvalue weighted by Gasteiger charge is -2.08. The van der Waals surface area contributed by atoms with Gasteiger partial charge in [-0.3, -0.25) is 4.98 Å². The van der Waals surface area contributed by atoms with E-state index in [1.54, 1.807) is 24.1 Å². The average Bonchev–Trinajstić information content (AvgIpc) is 2.87. The van der Waals surface area contributed by atoms with Crippen LogP contribution in [0.15, 0.2) is 24.4 Å². The number of hydrogen-bond donors (Lipinski definition) is 1. The Labute approximate surface area is 139 Å². The molecule has 0 amide bonds. The number of anilines is 1. The highest BCUT2D eigenvalue weighted by atomic mass is 35.5. The molecule has 0 aliphatic carbocycles. The molecule has 3 rings (SSSR count). The van der Waals surface area contributed by atoms with Crippen molar-refractivity contribution >= 4 is 28.5 Å². The molecule has 0 aliphatic rings. The number of fused-ring (bicyclic) bond motifs is 1. The number of benzene rings is 1. The van der Waals surface area contributed by atoms with Crippen LogP contribution in [0.1, 0.15) is 18.2 Å². The number of ether oxygens (including phenoxy) is 1. The largest absolute Gasteiger partial charge is 0.481 e. The van der Waals surface area contributed by atoms with E-state index in [1.165, 1.54) is 0 Å². The molecular formula is C16H18ClN5O. The van der Waals surface area contributed by atoms with Gasteiger partial charge in [0.1, 0.15) is 5.82 Å². The Balaban J connectivity index is 1.85. The van der Waals surface area contributed by atoms with Crippen molar-refractivity contribution in [2.24, 2.45) is 7.05 Å². The molecule has 7 heteroatoms. The minimum absolute atomic E-state index is 0.577. The summed E-state index contributed by atoms with van der Waals surface area (Å²) in [6.07, 6.45) is 2.54. The van der Waals surface area contributed by atoms with E-state index >= 15 is 0 Å². The molecule has 2 aromatic heterocycles. The Kier molecular flexibility index (Phi) is 4.34. The Morgan fingerprint density at radius 3 is 2.87 bits per heavy atom. The Morgan fingerprint density at radius 1 is 1.30 bits per heavy atom. The predicted octanol–water partition coefficient (Wildman–Crippen LogP) is 3.20. The zero-order chi connectivity index (χ0) is 16.4. The smallest absolute Gasteiger partial charge is 0.216 e. The number of nitrogens with one attached hydrogen (secondary N) is 1. The number of halogens is 1. The molecule has 0 fully saturated rings. The minimum Gasteiger partial charge on any atom is -0.481 e. The summed E-state index contributed by atoms with van der Waals surface area (Å²) in [4.78, 5) is 8.93. The van der Waals surface area contributed by atoms with Crippen molar-refractivity contribution in [1.29, 1.82) is 0 Å². The van der Waals surface area contributed by atoms with Gasteiger partial charge in [0.25, 0.3) is 0 Å². The summed E-state index contributed by atoms with van der Waals surface area (Å²) in [5.41, 5.74) is 3.62. The Hall–Kier alpha value is -2.34. The van der Waals surface area contributed by atoms with Gasteiger partial charge in [0.2, 0.25) is 5.88 Å². The summed E-state index contributed by atoms with van der Waals surface area (Å²) < 4.78 is 7.19. The van der Waals surface area contributed by atoms with Gasteiger partial charge in [-0.25, -0.2) is 9.67 Å². The summed E-state index contributed by atoms with van der Waals surface area (Å²) in [5.74, 6) is 1.46. The predicted molar refractivity (Wildman–Crippen MR) is 91.0 cm³/mol. The third-order valence-electron chi connectivity index (χ3n) is 3.65. The molecular weight excluding hydrogens is 314 g/mol. The van der Waals surface area contributed by atoms with Crippen molar-refractivity contribution in [2.45, 2.75) is 19.9 Å². The molecule has 0 atom stereocenters. The molecule has 0 saturated heterocycles. The van der Waals surface area contributed by atoms with E-state index in [-0.39, 0.29) is 0 Å². The maximum atomic E-state index is 5.96.